The number of benzene rings is 1. The summed E-state index contributed by atoms with van der Waals surface area (Å²) < 4.78 is 0. The second-order valence-electron chi connectivity index (χ2n) is 4.24. The summed E-state index contributed by atoms with van der Waals surface area (Å²) in [6, 6.07) is 8.53. The predicted octanol–water partition coefficient (Wildman–Crippen LogP) is 2.88. The minimum atomic E-state index is 0.188. The van der Waals surface area contributed by atoms with Crippen LogP contribution in [0, 0.1) is 0 Å². The van der Waals surface area contributed by atoms with E-state index in [1.165, 1.54) is 23.1 Å². The zero-order chi connectivity index (χ0) is 12.8. The maximum atomic E-state index is 5.70. The molecule has 3 nitrogen and oxygen atoms in total. The molecule has 0 spiro atoms. The number of thioether (sulfide) groups is 1. The average molecular weight is 261 g/mol. The van der Waals surface area contributed by atoms with Crippen LogP contribution in [0.5, 0.6) is 0 Å². The van der Waals surface area contributed by atoms with Crippen molar-refractivity contribution >= 4 is 22.5 Å². The monoisotopic (exact) mass is 261 g/mol. The summed E-state index contributed by atoms with van der Waals surface area (Å²) in [4.78, 5) is 4.16. The second kappa shape index (κ2) is 6.73. The molecular weight excluding hydrogens is 242 g/mol. The number of nitrogens with one attached hydrogen (secondary N) is 1. The number of aromatic nitrogens is 1. The highest BCUT2D eigenvalue weighted by Gasteiger charge is 2.12. The molecule has 0 saturated heterocycles. The fraction of sp³-hybridized carbons (Fsp3) is 0.357. The third-order valence-electron chi connectivity index (χ3n) is 2.92. The fourth-order valence-electron chi connectivity index (χ4n) is 2.02. The maximum Gasteiger partial charge on any atom is 0.0556 e. The van der Waals surface area contributed by atoms with Crippen LogP contribution in [0.2, 0.25) is 0 Å². The van der Waals surface area contributed by atoms with E-state index < -0.39 is 0 Å². The fourth-order valence-corrected chi connectivity index (χ4v) is 2.99. The van der Waals surface area contributed by atoms with E-state index >= 15 is 0 Å². The third kappa shape index (κ3) is 3.02. The molecule has 1 aromatic carbocycles. The van der Waals surface area contributed by atoms with Gasteiger partial charge in [-0.3, -0.25) is 16.3 Å². The number of hydrogen-bond donors (Lipinski definition) is 2. The predicted molar refractivity (Wildman–Crippen MR) is 79.4 cm³/mol. The molecule has 0 aliphatic carbocycles. The number of fused-ring (bicyclic) bond motifs is 1. The lowest BCUT2D eigenvalue weighted by atomic mass is 10.0. The summed E-state index contributed by atoms with van der Waals surface area (Å²) in [6.45, 7) is 2.20. The van der Waals surface area contributed by atoms with E-state index in [0.717, 1.165) is 11.1 Å². The Labute approximate surface area is 112 Å². The maximum absolute atomic E-state index is 5.70. The van der Waals surface area contributed by atoms with Gasteiger partial charge in [-0.2, -0.15) is 11.8 Å². The van der Waals surface area contributed by atoms with Crippen molar-refractivity contribution in [3.05, 3.63) is 42.2 Å². The SMILES string of the molecule is CCCSCC(NN)c1cccc2cnccc12. The van der Waals surface area contributed by atoms with Gasteiger partial charge < -0.3 is 0 Å². The lowest BCUT2D eigenvalue weighted by Crippen LogP contribution is -2.30. The van der Waals surface area contributed by atoms with Crippen LogP contribution >= 0.6 is 11.8 Å². The van der Waals surface area contributed by atoms with Gasteiger partial charge in [0.05, 0.1) is 6.04 Å². The van der Waals surface area contributed by atoms with Crippen molar-refractivity contribution in [2.75, 3.05) is 11.5 Å². The molecule has 2 aromatic rings. The first-order valence-corrected chi connectivity index (χ1v) is 7.38. The molecule has 0 radical (unpaired) electrons. The highest BCUT2D eigenvalue weighted by molar-refractivity contribution is 7.99. The molecule has 0 saturated carbocycles. The molecule has 0 amide bonds. The van der Waals surface area contributed by atoms with E-state index in [9.17, 15) is 0 Å². The summed E-state index contributed by atoms with van der Waals surface area (Å²) in [7, 11) is 0. The Bertz CT molecular complexity index is 496. The van der Waals surface area contributed by atoms with E-state index in [0.29, 0.717) is 0 Å². The average Bonchev–Trinajstić information content (AvgIpc) is 2.43. The number of nitrogens with two attached hydrogens (primary N) is 1. The van der Waals surface area contributed by atoms with Gasteiger partial charge in [0.25, 0.3) is 0 Å². The quantitative estimate of drug-likeness (QED) is 0.477. The van der Waals surface area contributed by atoms with Crippen LogP contribution in [-0.2, 0) is 0 Å². The number of nitrogens with zero attached hydrogens (tertiary/aromatic N) is 1. The second-order valence-corrected chi connectivity index (χ2v) is 5.39. The Morgan fingerprint density at radius 1 is 1.39 bits per heavy atom. The van der Waals surface area contributed by atoms with Crippen LogP contribution in [0.4, 0.5) is 0 Å². The summed E-state index contributed by atoms with van der Waals surface area (Å²) >= 11 is 1.93. The van der Waals surface area contributed by atoms with Gasteiger partial charge in [-0.15, -0.1) is 0 Å². The van der Waals surface area contributed by atoms with Gasteiger partial charge in [-0.25, -0.2) is 0 Å². The van der Waals surface area contributed by atoms with Crippen LogP contribution in [0.3, 0.4) is 0 Å². The Morgan fingerprint density at radius 3 is 3.06 bits per heavy atom. The van der Waals surface area contributed by atoms with Gasteiger partial charge in [-0.1, -0.05) is 25.1 Å². The minimum Gasteiger partial charge on any atom is -0.271 e. The molecule has 3 N–H and O–H groups in total. The van der Waals surface area contributed by atoms with Crippen LogP contribution in [0.1, 0.15) is 24.9 Å². The van der Waals surface area contributed by atoms with E-state index in [-0.39, 0.29) is 6.04 Å². The number of pyridine rings is 1. The highest BCUT2D eigenvalue weighted by atomic mass is 32.2. The van der Waals surface area contributed by atoms with Gasteiger partial charge in [0.2, 0.25) is 0 Å². The molecular formula is C14H19N3S. The van der Waals surface area contributed by atoms with E-state index in [4.69, 9.17) is 5.84 Å². The molecule has 18 heavy (non-hydrogen) atoms. The standard InChI is InChI=1S/C14H19N3S/c1-2-8-18-10-14(17-15)13-5-3-4-11-9-16-7-6-12(11)13/h3-7,9,14,17H,2,8,10,15H2,1H3. The molecule has 1 atom stereocenters. The van der Waals surface area contributed by atoms with E-state index in [1.807, 2.05) is 24.2 Å². The van der Waals surface area contributed by atoms with Crippen molar-refractivity contribution < 1.29 is 0 Å². The van der Waals surface area contributed by atoms with Crippen LogP contribution in [-0.4, -0.2) is 16.5 Å². The van der Waals surface area contributed by atoms with Crippen molar-refractivity contribution in [1.29, 1.82) is 0 Å². The molecule has 1 aromatic heterocycles. The molecule has 0 aliphatic heterocycles. The van der Waals surface area contributed by atoms with Gasteiger partial charge in [0.1, 0.15) is 0 Å². The van der Waals surface area contributed by atoms with Crippen LogP contribution in [0.15, 0.2) is 36.7 Å². The highest BCUT2D eigenvalue weighted by Crippen LogP contribution is 2.25. The van der Waals surface area contributed by atoms with Crippen molar-refractivity contribution in [3.8, 4) is 0 Å². The molecule has 1 heterocycles. The van der Waals surface area contributed by atoms with Crippen molar-refractivity contribution in [2.24, 2.45) is 5.84 Å². The number of hydrogen-bond acceptors (Lipinski definition) is 4. The Kier molecular flexibility index (Phi) is 4.99. The third-order valence-corrected chi connectivity index (χ3v) is 4.19. The van der Waals surface area contributed by atoms with Crippen molar-refractivity contribution in [3.63, 3.8) is 0 Å². The molecule has 4 heteroatoms. The minimum absolute atomic E-state index is 0.188. The lowest BCUT2D eigenvalue weighted by Gasteiger charge is -2.17. The molecule has 2 rings (SSSR count). The Balaban J connectivity index is 2.27. The van der Waals surface area contributed by atoms with Crippen LogP contribution in [0.25, 0.3) is 10.8 Å². The first kappa shape index (κ1) is 13.3. The first-order valence-electron chi connectivity index (χ1n) is 6.23. The summed E-state index contributed by atoms with van der Waals surface area (Å²) in [6.07, 6.45) is 4.92. The van der Waals surface area contributed by atoms with Gasteiger partial charge in [0.15, 0.2) is 0 Å². The van der Waals surface area contributed by atoms with E-state index in [1.54, 1.807) is 0 Å². The molecule has 1 unspecified atom stereocenters. The molecule has 96 valence electrons. The van der Waals surface area contributed by atoms with E-state index in [2.05, 4.69) is 41.6 Å². The van der Waals surface area contributed by atoms with Gasteiger partial charge >= 0.3 is 0 Å². The van der Waals surface area contributed by atoms with Crippen molar-refractivity contribution in [1.82, 2.24) is 10.4 Å². The zero-order valence-electron chi connectivity index (χ0n) is 10.6. The first-order chi connectivity index (χ1) is 8.86. The number of hydrazine groups is 1. The van der Waals surface area contributed by atoms with Crippen LogP contribution < -0.4 is 11.3 Å². The van der Waals surface area contributed by atoms with Gasteiger partial charge in [-0.05, 0) is 29.2 Å². The molecule has 0 fully saturated rings. The summed E-state index contributed by atoms with van der Waals surface area (Å²) in [5.41, 5.74) is 4.18. The summed E-state index contributed by atoms with van der Waals surface area (Å²) in [5, 5.41) is 2.39. The summed E-state index contributed by atoms with van der Waals surface area (Å²) in [5.74, 6) is 7.86. The normalized spacial score (nSPS) is 12.8. The zero-order valence-corrected chi connectivity index (χ0v) is 11.4. The lowest BCUT2D eigenvalue weighted by molar-refractivity contribution is 0.614. The topological polar surface area (TPSA) is 50.9 Å². The molecule has 0 bridgehead atoms. The smallest absolute Gasteiger partial charge is 0.0556 e. The Hall–Kier alpha value is -1.10. The largest absolute Gasteiger partial charge is 0.271 e. The molecule has 0 aliphatic rings. The number of rotatable bonds is 6. The van der Waals surface area contributed by atoms with Gasteiger partial charge in [0, 0.05) is 23.5 Å². The van der Waals surface area contributed by atoms with Crippen molar-refractivity contribution in [2.45, 2.75) is 19.4 Å². The Morgan fingerprint density at radius 2 is 2.28 bits per heavy atom.